The van der Waals surface area contributed by atoms with Crippen LogP contribution < -0.4 is 10.1 Å². The van der Waals surface area contributed by atoms with Gasteiger partial charge in [0.15, 0.2) is 11.5 Å². The Morgan fingerprint density at radius 3 is 2.83 bits per heavy atom. The van der Waals surface area contributed by atoms with Gasteiger partial charge in [-0.3, -0.25) is 0 Å². The fourth-order valence-corrected chi connectivity index (χ4v) is 1.75. The molecule has 1 unspecified atom stereocenters. The van der Waals surface area contributed by atoms with E-state index >= 15 is 0 Å². The van der Waals surface area contributed by atoms with Crippen LogP contribution in [0.25, 0.3) is 0 Å². The van der Waals surface area contributed by atoms with Gasteiger partial charge < -0.3 is 19.6 Å². The molecule has 0 spiro atoms. The molecule has 2 aromatic rings. The molecule has 4 heteroatoms. The Hall–Kier alpha value is -1.94. The smallest absolute Gasteiger partial charge is 0.160 e. The molecule has 2 rings (SSSR count). The average Bonchev–Trinajstić information content (AvgIpc) is 2.90. The number of nitrogens with one attached hydrogen (secondary N) is 1. The molecular weight excluding hydrogens is 230 g/mol. The third kappa shape index (κ3) is 2.84. The van der Waals surface area contributed by atoms with Crippen molar-refractivity contribution in [1.29, 1.82) is 0 Å². The summed E-state index contributed by atoms with van der Waals surface area (Å²) >= 11 is 0. The van der Waals surface area contributed by atoms with Crippen molar-refractivity contribution in [1.82, 2.24) is 5.32 Å². The largest absolute Gasteiger partial charge is 0.504 e. The molecule has 0 aliphatic carbocycles. The molecule has 0 aliphatic heterocycles. The van der Waals surface area contributed by atoms with E-state index in [1.165, 1.54) is 7.11 Å². The number of aromatic hydroxyl groups is 1. The summed E-state index contributed by atoms with van der Waals surface area (Å²) in [5.74, 6) is 1.54. The van der Waals surface area contributed by atoms with E-state index in [4.69, 9.17) is 9.15 Å². The van der Waals surface area contributed by atoms with Gasteiger partial charge in [-0.1, -0.05) is 6.07 Å². The van der Waals surface area contributed by atoms with Crippen molar-refractivity contribution in [2.75, 3.05) is 7.11 Å². The first-order chi connectivity index (χ1) is 8.70. The van der Waals surface area contributed by atoms with Gasteiger partial charge in [-0.25, -0.2) is 0 Å². The van der Waals surface area contributed by atoms with Crippen LogP contribution in [-0.2, 0) is 6.54 Å². The number of furan rings is 1. The highest BCUT2D eigenvalue weighted by atomic mass is 16.5. The summed E-state index contributed by atoms with van der Waals surface area (Å²) in [6, 6.07) is 9.30. The predicted octanol–water partition coefficient (Wildman–Crippen LogP) is 2.84. The maximum absolute atomic E-state index is 9.67. The topological polar surface area (TPSA) is 54.6 Å². The maximum atomic E-state index is 9.67. The highest BCUT2D eigenvalue weighted by molar-refractivity contribution is 5.41. The van der Waals surface area contributed by atoms with Crippen LogP contribution in [0.5, 0.6) is 11.5 Å². The van der Waals surface area contributed by atoms with Gasteiger partial charge in [0.1, 0.15) is 5.76 Å². The van der Waals surface area contributed by atoms with E-state index in [9.17, 15) is 5.11 Å². The van der Waals surface area contributed by atoms with Crippen LogP contribution in [0, 0.1) is 0 Å². The van der Waals surface area contributed by atoms with Crippen LogP contribution in [0.3, 0.4) is 0 Å². The first-order valence-electron chi connectivity index (χ1n) is 5.83. The zero-order chi connectivity index (χ0) is 13.0. The van der Waals surface area contributed by atoms with Gasteiger partial charge in [-0.05, 0) is 36.8 Å². The fourth-order valence-electron chi connectivity index (χ4n) is 1.75. The lowest BCUT2D eigenvalue weighted by molar-refractivity contribution is 0.372. The molecule has 96 valence electrons. The van der Waals surface area contributed by atoms with E-state index in [1.54, 1.807) is 18.4 Å². The quantitative estimate of drug-likeness (QED) is 0.853. The van der Waals surface area contributed by atoms with Crippen LogP contribution in [0.1, 0.15) is 24.3 Å². The van der Waals surface area contributed by atoms with Crippen molar-refractivity contribution >= 4 is 0 Å². The first kappa shape index (κ1) is 12.5. The van der Waals surface area contributed by atoms with E-state index in [0.717, 1.165) is 11.3 Å². The second kappa shape index (κ2) is 5.60. The van der Waals surface area contributed by atoms with Crippen LogP contribution in [0.4, 0.5) is 0 Å². The van der Waals surface area contributed by atoms with E-state index in [2.05, 4.69) is 5.32 Å². The summed E-state index contributed by atoms with van der Waals surface area (Å²) in [5.41, 5.74) is 0.992. The van der Waals surface area contributed by atoms with Crippen LogP contribution >= 0.6 is 0 Å². The van der Waals surface area contributed by atoms with Crippen LogP contribution in [0.2, 0.25) is 0 Å². The Kier molecular flexibility index (Phi) is 3.89. The van der Waals surface area contributed by atoms with E-state index < -0.39 is 0 Å². The minimum Gasteiger partial charge on any atom is -0.504 e. The molecule has 1 atom stereocenters. The Morgan fingerprint density at radius 2 is 2.22 bits per heavy atom. The number of hydrogen-bond donors (Lipinski definition) is 2. The standard InChI is InChI=1S/C14H17NO3/c1-10(13-4-3-7-18-13)15-9-11-5-6-14(17-2)12(16)8-11/h3-8,10,15-16H,9H2,1-2H3. The SMILES string of the molecule is COc1ccc(CNC(C)c2ccco2)cc1O. The fraction of sp³-hybridized carbons (Fsp3) is 0.286. The van der Waals surface area contributed by atoms with Gasteiger partial charge in [-0.15, -0.1) is 0 Å². The molecule has 0 radical (unpaired) electrons. The molecule has 0 saturated carbocycles. The number of benzene rings is 1. The molecule has 1 heterocycles. The number of phenolic OH excluding ortho intramolecular Hbond substituents is 1. The van der Waals surface area contributed by atoms with Gasteiger partial charge >= 0.3 is 0 Å². The van der Waals surface area contributed by atoms with Gasteiger partial charge in [0.05, 0.1) is 19.4 Å². The molecule has 18 heavy (non-hydrogen) atoms. The van der Waals surface area contributed by atoms with Gasteiger partial charge in [0, 0.05) is 6.54 Å². The number of methoxy groups -OCH3 is 1. The van der Waals surface area contributed by atoms with Gasteiger partial charge in [0.2, 0.25) is 0 Å². The van der Waals surface area contributed by atoms with Crippen molar-refractivity contribution in [3.05, 3.63) is 47.9 Å². The lowest BCUT2D eigenvalue weighted by Gasteiger charge is -2.12. The number of rotatable bonds is 5. The Morgan fingerprint density at radius 1 is 1.39 bits per heavy atom. The lowest BCUT2D eigenvalue weighted by Crippen LogP contribution is -2.17. The Labute approximate surface area is 106 Å². The lowest BCUT2D eigenvalue weighted by atomic mass is 10.2. The Balaban J connectivity index is 1.96. The molecule has 0 bridgehead atoms. The molecule has 0 saturated heterocycles. The average molecular weight is 247 g/mol. The summed E-state index contributed by atoms with van der Waals surface area (Å²) in [6.07, 6.45) is 1.66. The van der Waals surface area contributed by atoms with Crippen molar-refractivity contribution in [2.24, 2.45) is 0 Å². The normalized spacial score (nSPS) is 12.3. The summed E-state index contributed by atoms with van der Waals surface area (Å²) in [5, 5.41) is 13.0. The van der Waals surface area contributed by atoms with E-state index in [0.29, 0.717) is 12.3 Å². The number of phenols is 1. The minimum absolute atomic E-state index is 0.129. The second-order valence-corrected chi connectivity index (χ2v) is 4.12. The summed E-state index contributed by atoms with van der Waals surface area (Å²) in [4.78, 5) is 0. The molecule has 4 nitrogen and oxygen atoms in total. The van der Waals surface area contributed by atoms with Gasteiger partial charge in [0.25, 0.3) is 0 Å². The second-order valence-electron chi connectivity index (χ2n) is 4.12. The zero-order valence-corrected chi connectivity index (χ0v) is 10.5. The molecule has 0 fully saturated rings. The summed E-state index contributed by atoms with van der Waals surface area (Å²) in [6.45, 7) is 2.68. The monoisotopic (exact) mass is 247 g/mol. The minimum atomic E-state index is 0.129. The number of hydrogen-bond acceptors (Lipinski definition) is 4. The first-order valence-corrected chi connectivity index (χ1v) is 5.83. The third-order valence-electron chi connectivity index (χ3n) is 2.83. The summed E-state index contributed by atoms with van der Waals surface area (Å²) < 4.78 is 10.3. The molecule has 0 aliphatic rings. The zero-order valence-electron chi connectivity index (χ0n) is 10.5. The van der Waals surface area contributed by atoms with Crippen LogP contribution in [0.15, 0.2) is 41.0 Å². The van der Waals surface area contributed by atoms with E-state index in [1.807, 2.05) is 25.1 Å². The Bertz CT molecular complexity index is 494. The third-order valence-corrected chi connectivity index (χ3v) is 2.83. The maximum Gasteiger partial charge on any atom is 0.160 e. The predicted molar refractivity (Wildman–Crippen MR) is 68.6 cm³/mol. The van der Waals surface area contributed by atoms with Crippen molar-refractivity contribution in [3.8, 4) is 11.5 Å². The van der Waals surface area contributed by atoms with Crippen molar-refractivity contribution < 1.29 is 14.3 Å². The molecule has 2 N–H and O–H groups in total. The van der Waals surface area contributed by atoms with Crippen molar-refractivity contribution in [3.63, 3.8) is 0 Å². The van der Waals surface area contributed by atoms with Crippen LogP contribution in [-0.4, -0.2) is 12.2 Å². The molecule has 0 amide bonds. The number of ether oxygens (including phenoxy) is 1. The van der Waals surface area contributed by atoms with Gasteiger partial charge in [-0.2, -0.15) is 0 Å². The summed E-state index contributed by atoms with van der Waals surface area (Å²) in [7, 11) is 1.53. The highest BCUT2D eigenvalue weighted by Crippen LogP contribution is 2.26. The molecular formula is C14H17NO3. The highest BCUT2D eigenvalue weighted by Gasteiger charge is 2.08. The molecule has 1 aromatic heterocycles. The van der Waals surface area contributed by atoms with E-state index in [-0.39, 0.29) is 11.8 Å². The van der Waals surface area contributed by atoms with Crippen molar-refractivity contribution in [2.45, 2.75) is 19.5 Å². The molecule has 1 aromatic carbocycles.